The third-order valence-corrected chi connectivity index (χ3v) is 4.08. The number of carbonyl (C=O) groups is 1. The van der Waals surface area contributed by atoms with Crippen LogP contribution in [-0.2, 0) is 11.3 Å². The SMILES string of the molecule is CCC1CCC(C(O)O)CN1C(=O)OCc1ccccc1. The highest BCUT2D eigenvalue weighted by Gasteiger charge is 2.34. The second-order valence-electron chi connectivity index (χ2n) is 5.51. The Balaban J connectivity index is 1.94. The summed E-state index contributed by atoms with van der Waals surface area (Å²) in [7, 11) is 0. The zero-order chi connectivity index (χ0) is 15.2. The molecule has 1 fully saturated rings. The lowest BCUT2D eigenvalue weighted by Crippen LogP contribution is -2.49. The molecule has 1 aromatic rings. The minimum absolute atomic E-state index is 0.114. The standard InChI is InChI=1S/C16H23NO4/c1-2-14-9-8-13(15(18)19)10-17(14)16(20)21-11-12-6-4-3-5-7-12/h3-7,13-15,18-19H,2,8-11H2,1H3. The van der Waals surface area contributed by atoms with Gasteiger partial charge in [-0.2, -0.15) is 0 Å². The molecule has 1 aliphatic heterocycles. The third-order valence-electron chi connectivity index (χ3n) is 4.08. The maximum Gasteiger partial charge on any atom is 0.410 e. The highest BCUT2D eigenvalue weighted by Crippen LogP contribution is 2.26. The molecule has 1 saturated heterocycles. The highest BCUT2D eigenvalue weighted by molar-refractivity contribution is 5.68. The van der Waals surface area contributed by atoms with Crippen LogP contribution < -0.4 is 0 Å². The molecule has 1 heterocycles. The fourth-order valence-electron chi connectivity index (χ4n) is 2.75. The maximum atomic E-state index is 12.2. The van der Waals surface area contributed by atoms with Crippen molar-refractivity contribution >= 4 is 6.09 Å². The number of hydrogen-bond acceptors (Lipinski definition) is 4. The Labute approximate surface area is 125 Å². The number of rotatable bonds is 4. The van der Waals surface area contributed by atoms with Crippen LogP contribution >= 0.6 is 0 Å². The molecule has 0 bridgehead atoms. The monoisotopic (exact) mass is 293 g/mol. The summed E-state index contributed by atoms with van der Waals surface area (Å²) in [6.07, 6.45) is 0.579. The molecule has 116 valence electrons. The first kappa shape index (κ1) is 15.8. The number of amides is 1. The van der Waals surface area contributed by atoms with Gasteiger partial charge in [0.05, 0.1) is 0 Å². The molecule has 1 amide bonds. The predicted molar refractivity (Wildman–Crippen MR) is 78.4 cm³/mol. The largest absolute Gasteiger partial charge is 0.445 e. The number of aliphatic hydroxyl groups is 2. The van der Waals surface area contributed by atoms with Crippen molar-refractivity contribution in [3.63, 3.8) is 0 Å². The van der Waals surface area contributed by atoms with Gasteiger partial charge < -0.3 is 19.8 Å². The summed E-state index contributed by atoms with van der Waals surface area (Å²) >= 11 is 0. The van der Waals surface area contributed by atoms with Crippen molar-refractivity contribution in [2.24, 2.45) is 5.92 Å². The summed E-state index contributed by atoms with van der Waals surface area (Å²) in [5, 5.41) is 18.6. The van der Waals surface area contributed by atoms with Crippen LogP contribution in [-0.4, -0.2) is 40.1 Å². The van der Waals surface area contributed by atoms with E-state index in [0.717, 1.165) is 24.8 Å². The molecule has 2 atom stereocenters. The Morgan fingerprint density at radius 3 is 2.67 bits per heavy atom. The van der Waals surface area contributed by atoms with Gasteiger partial charge >= 0.3 is 6.09 Å². The van der Waals surface area contributed by atoms with Gasteiger partial charge in [0, 0.05) is 18.5 Å². The van der Waals surface area contributed by atoms with Crippen LogP contribution in [0.25, 0.3) is 0 Å². The number of nitrogens with zero attached hydrogens (tertiary/aromatic N) is 1. The summed E-state index contributed by atoms with van der Waals surface area (Å²) in [6.45, 7) is 2.60. The van der Waals surface area contributed by atoms with E-state index in [-0.39, 0.29) is 24.7 Å². The van der Waals surface area contributed by atoms with Gasteiger partial charge in [-0.15, -0.1) is 0 Å². The quantitative estimate of drug-likeness (QED) is 0.834. The fourth-order valence-corrected chi connectivity index (χ4v) is 2.75. The molecule has 21 heavy (non-hydrogen) atoms. The van der Waals surface area contributed by atoms with Crippen molar-refractivity contribution in [1.29, 1.82) is 0 Å². The minimum atomic E-state index is -1.38. The van der Waals surface area contributed by atoms with Crippen molar-refractivity contribution < 1.29 is 19.7 Å². The van der Waals surface area contributed by atoms with Gasteiger partial charge in [0.25, 0.3) is 0 Å². The first-order valence-corrected chi connectivity index (χ1v) is 7.45. The molecule has 0 spiro atoms. The van der Waals surface area contributed by atoms with Crippen LogP contribution in [0.4, 0.5) is 4.79 Å². The average molecular weight is 293 g/mol. The topological polar surface area (TPSA) is 70.0 Å². The molecular weight excluding hydrogens is 270 g/mol. The van der Waals surface area contributed by atoms with E-state index in [9.17, 15) is 15.0 Å². The third kappa shape index (κ3) is 4.19. The summed E-state index contributed by atoms with van der Waals surface area (Å²) in [6, 6.07) is 9.63. The van der Waals surface area contributed by atoms with Gasteiger partial charge in [0.15, 0.2) is 6.29 Å². The molecule has 1 aliphatic rings. The number of benzene rings is 1. The molecule has 2 rings (SSSR count). The molecule has 0 aromatic heterocycles. The van der Waals surface area contributed by atoms with Gasteiger partial charge in [0.2, 0.25) is 0 Å². The summed E-state index contributed by atoms with van der Waals surface area (Å²) in [5.74, 6) is -0.294. The fraction of sp³-hybridized carbons (Fsp3) is 0.562. The molecule has 0 aliphatic carbocycles. The first-order chi connectivity index (χ1) is 10.1. The normalized spacial score (nSPS) is 22.4. The average Bonchev–Trinajstić information content (AvgIpc) is 2.52. The number of hydrogen-bond donors (Lipinski definition) is 2. The van der Waals surface area contributed by atoms with Crippen LogP contribution in [0.5, 0.6) is 0 Å². The van der Waals surface area contributed by atoms with Gasteiger partial charge in [-0.05, 0) is 24.8 Å². The summed E-state index contributed by atoms with van der Waals surface area (Å²) < 4.78 is 5.35. The molecule has 5 nitrogen and oxygen atoms in total. The van der Waals surface area contributed by atoms with Gasteiger partial charge in [-0.1, -0.05) is 37.3 Å². The smallest absolute Gasteiger partial charge is 0.410 e. The van der Waals surface area contributed by atoms with E-state index in [4.69, 9.17) is 4.74 Å². The second kappa shape index (κ2) is 7.43. The highest BCUT2D eigenvalue weighted by atomic mass is 16.6. The van der Waals surface area contributed by atoms with Gasteiger partial charge in [-0.3, -0.25) is 0 Å². The van der Waals surface area contributed by atoms with E-state index in [1.807, 2.05) is 37.3 Å². The summed E-state index contributed by atoms with van der Waals surface area (Å²) in [4.78, 5) is 13.9. The lowest BCUT2D eigenvalue weighted by Gasteiger charge is -2.39. The van der Waals surface area contributed by atoms with Crippen molar-refractivity contribution in [2.75, 3.05) is 6.54 Å². The Bertz CT molecular complexity index is 449. The lowest BCUT2D eigenvalue weighted by molar-refractivity contribution is -0.105. The number of aliphatic hydroxyl groups excluding tert-OH is 1. The Morgan fingerprint density at radius 2 is 2.05 bits per heavy atom. The van der Waals surface area contributed by atoms with Crippen molar-refractivity contribution in [2.45, 2.75) is 45.1 Å². The number of carbonyl (C=O) groups excluding carboxylic acids is 1. The van der Waals surface area contributed by atoms with Gasteiger partial charge in [0.1, 0.15) is 6.61 Å². The maximum absolute atomic E-state index is 12.2. The second-order valence-corrected chi connectivity index (χ2v) is 5.51. The number of likely N-dealkylation sites (tertiary alicyclic amines) is 1. The van der Waals surface area contributed by atoms with E-state index in [1.54, 1.807) is 4.90 Å². The predicted octanol–water partition coefficient (Wildman–Crippen LogP) is 2.12. The lowest BCUT2D eigenvalue weighted by atomic mass is 9.91. The molecule has 5 heteroatoms. The van der Waals surface area contributed by atoms with Crippen molar-refractivity contribution in [3.8, 4) is 0 Å². The van der Waals surface area contributed by atoms with Crippen LogP contribution in [0.15, 0.2) is 30.3 Å². The molecular formula is C16H23NO4. The Hall–Kier alpha value is -1.59. The van der Waals surface area contributed by atoms with E-state index in [1.165, 1.54) is 0 Å². The zero-order valence-corrected chi connectivity index (χ0v) is 12.3. The molecule has 2 unspecified atom stereocenters. The zero-order valence-electron chi connectivity index (χ0n) is 12.3. The van der Waals surface area contributed by atoms with Gasteiger partial charge in [-0.25, -0.2) is 4.79 Å². The molecule has 0 saturated carbocycles. The van der Waals surface area contributed by atoms with Crippen LogP contribution in [0.3, 0.4) is 0 Å². The number of ether oxygens (including phenoxy) is 1. The number of piperidine rings is 1. The van der Waals surface area contributed by atoms with Crippen molar-refractivity contribution in [1.82, 2.24) is 4.90 Å². The Morgan fingerprint density at radius 1 is 1.33 bits per heavy atom. The molecule has 2 N–H and O–H groups in total. The molecule has 0 radical (unpaired) electrons. The van der Waals surface area contributed by atoms with E-state index >= 15 is 0 Å². The minimum Gasteiger partial charge on any atom is -0.445 e. The Kier molecular flexibility index (Phi) is 5.59. The van der Waals surface area contributed by atoms with Crippen molar-refractivity contribution in [3.05, 3.63) is 35.9 Å². The summed E-state index contributed by atoms with van der Waals surface area (Å²) in [5.41, 5.74) is 0.939. The van der Waals surface area contributed by atoms with Crippen LogP contribution in [0, 0.1) is 5.92 Å². The van der Waals surface area contributed by atoms with E-state index in [0.29, 0.717) is 6.54 Å². The van der Waals surface area contributed by atoms with Crippen LogP contribution in [0.2, 0.25) is 0 Å². The van der Waals surface area contributed by atoms with E-state index in [2.05, 4.69) is 0 Å². The van der Waals surface area contributed by atoms with E-state index < -0.39 is 6.29 Å². The molecule has 1 aromatic carbocycles. The first-order valence-electron chi connectivity index (χ1n) is 7.45. The van der Waals surface area contributed by atoms with Crippen LogP contribution in [0.1, 0.15) is 31.7 Å².